The van der Waals surface area contributed by atoms with Crippen molar-refractivity contribution >= 4 is 0 Å². The van der Waals surface area contributed by atoms with Crippen molar-refractivity contribution in [3.05, 3.63) is 108 Å². The second-order valence-electron chi connectivity index (χ2n) is 11.9. The number of hydrogen-bond donors (Lipinski definition) is 1. The van der Waals surface area contributed by atoms with Crippen LogP contribution in [0.2, 0.25) is 0 Å². The van der Waals surface area contributed by atoms with Crippen LogP contribution in [0.5, 0.6) is 0 Å². The quantitative estimate of drug-likeness (QED) is 0.125. The first-order valence-electron chi connectivity index (χ1n) is 16.7. The maximum absolute atomic E-state index is 4.11. The van der Waals surface area contributed by atoms with Gasteiger partial charge in [0.05, 0.1) is 5.54 Å². The highest BCUT2D eigenvalue weighted by molar-refractivity contribution is 5.43. The molecule has 40 heavy (non-hydrogen) atoms. The fourth-order valence-electron chi connectivity index (χ4n) is 6.38. The number of nitrogens with one attached hydrogen (secondary N) is 1. The van der Waals surface area contributed by atoms with E-state index in [0.717, 1.165) is 6.54 Å². The number of benzene rings is 3. The SMILES string of the molecule is CCCCCCCCCCCCCCCCCCNC(c1ccccc1)(c1ccccc1)C(C)c1ccccc1. The molecule has 1 atom stereocenters. The van der Waals surface area contributed by atoms with E-state index in [1.165, 1.54) is 119 Å². The van der Waals surface area contributed by atoms with E-state index in [-0.39, 0.29) is 5.54 Å². The number of rotatable bonds is 22. The van der Waals surface area contributed by atoms with Gasteiger partial charge in [0.15, 0.2) is 0 Å². The highest BCUT2D eigenvalue weighted by Gasteiger charge is 2.39. The molecule has 1 unspecified atom stereocenters. The Kier molecular flexibility index (Phi) is 15.8. The normalized spacial score (nSPS) is 12.4. The van der Waals surface area contributed by atoms with E-state index < -0.39 is 0 Å². The van der Waals surface area contributed by atoms with Gasteiger partial charge in [0, 0.05) is 5.92 Å². The topological polar surface area (TPSA) is 12.0 Å². The molecule has 0 bridgehead atoms. The zero-order valence-corrected chi connectivity index (χ0v) is 25.8. The van der Waals surface area contributed by atoms with Crippen LogP contribution in [-0.2, 0) is 5.54 Å². The number of unbranched alkanes of at least 4 members (excludes halogenated alkanes) is 15. The van der Waals surface area contributed by atoms with Crippen LogP contribution >= 0.6 is 0 Å². The molecule has 3 aromatic carbocycles. The van der Waals surface area contributed by atoms with Gasteiger partial charge < -0.3 is 5.32 Å². The molecule has 0 aromatic heterocycles. The van der Waals surface area contributed by atoms with E-state index in [9.17, 15) is 0 Å². The molecule has 0 saturated heterocycles. The molecule has 0 aliphatic rings. The van der Waals surface area contributed by atoms with E-state index in [1.807, 2.05) is 0 Å². The van der Waals surface area contributed by atoms with E-state index in [2.05, 4.69) is 110 Å². The molecule has 3 rings (SSSR count). The Hall–Kier alpha value is -2.38. The summed E-state index contributed by atoms with van der Waals surface area (Å²) < 4.78 is 0. The average molecular weight is 540 g/mol. The minimum atomic E-state index is -0.265. The van der Waals surface area contributed by atoms with Crippen LogP contribution in [0.1, 0.15) is 139 Å². The molecule has 0 aliphatic carbocycles. The Balaban J connectivity index is 1.42. The Morgan fingerprint density at radius 3 is 1.23 bits per heavy atom. The first-order valence-corrected chi connectivity index (χ1v) is 16.7. The van der Waals surface area contributed by atoms with Crippen LogP contribution in [0, 0.1) is 0 Å². The van der Waals surface area contributed by atoms with E-state index in [4.69, 9.17) is 0 Å². The molecule has 1 heteroatoms. The Morgan fingerprint density at radius 2 is 0.825 bits per heavy atom. The van der Waals surface area contributed by atoms with Crippen molar-refractivity contribution in [2.45, 2.75) is 128 Å². The lowest BCUT2D eigenvalue weighted by Crippen LogP contribution is -2.48. The Bertz CT molecular complexity index is 942. The summed E-state index contributed by atoms with van der Waals surface area (Å²) in [5.74, 6) is 0.291. The van der Waals surface area contributed by atoms with Crippen LogP contribution in [0.25, 0.3) is 0 Å². The molecule has 218 valence electrons. The molecule has 3 aromatic rings. The highest BCUT2D eigenvalue weighted by Crippen LogP contribution is 2.42. The molecular weight excluding hydrogens is 482 g/mol. The van der Waals surface area contributed by atoms with Crippen LogP contribution in [0.3, 0.4) is 0 Å². The van der Waals surface area contributed by atoms with Crippen molar-refractivity contribution in [2.24, 2.45) is 0 Å². The van der Waals surface area contributed by atoms with E-state index in [0.29, 0.717) is 5.92 Å². The summed E-state index contributed by atoms with van der Waals surface area (Å²) in [4.78, 5) is 0. The zero-order chi connectivity index (χ0) is 28.1. The lowest BCUT2D eigenvalue weighted by Gasteiger charge is -2.42. The third-order valence-electron chi connectivity index (χ3n) is 8.84. The van der Waals surface area contributed by atoms with Crippen molar-refractivity contribution in [3.63, 3.8) is 0 Å². The van der Waals surface area contributed by atoms with Gasteiger partial charge in [0.2, 0.25) is 0 Å². The molecular formula is C39H57N. The maximum Gasteiger partial charge on any atom is 0.0757 e. The van der Waals surface area contributed by atoms with Gasteiger partial charge in [-0.2, -0.15) is 0 Å². The monoisotopic (exact) mass is 539 g/mol. The van der Waals surface area contributed by atoms with E-state index in [1.54, 1.807) is 0 Å². The molecule has 0 fully saturated rings. The smallest absolute Gasteiger partial charge is 0.0757 e. The zero-order valence-electron chi connectivity index (χ0n) is 25.8. The standard InChI is InChI=1S/C39H57N/c1-3-4-5-6-7-8-9-10-11-12-13-14-15-16-17-27-34-40-39(37-30-23-19-24-31-37,38-32-25-20-26-33-38)35(2)36-28-21-18-22-29-36/h18-26,28-33,35,40H,3-17,27,34H2,1-2H3. The Morgan fingerprint density at radius 1 is 0.475 bits per heavy atom. The first-order chi connectivity index (χ1) is 19.8. The van der Waals surface area contributed by atoms with Gasteiger partial charge in [-0.15, -0.1) is 0 Å². The summed E-state index contributed by atoms with van der Waals surface area (Å²) in [6.45, 7) is 5.71. The lowest BCUT2D eigenvalue weighted by atomic mass is 9.71. The summed E-state index contributed by atoms with van der Waals surface area (Å²) in [6.07, 6.45) is 22.5. The number of hydrogen-bond acceptors (Lipinski definition) is 1. The predicted molar refractivity (Wildman–Crippen MR) is 176 cm³/mol. The van der Waals surface area contributed by atoms with Gasteiger partial charge in [-0.3, -0.25) is 0 Å². The molecule has 0 aliphatic heterocycles. The van der Waals surface area contributed by atoms with Gasteiger partial charge in [-0.1, -0.05) is 201 Å². The minimum absolute atomic E-state index is 0.265. The fraction of sp³-hybridized carbons (Fsp3) is 0.538. The second-order valence-corrected chi connectivity index (χ2v) is 11.9. The summed E-state index contributed by atoms with van der Waals surface area (Å²) in [7, 11) is 0. The second kappa shape index (κ2) is 19.7. The summed E-state index contributed by atoms with van der Waals surface area (Å²) in [5, 5.41) is 4.11. The maximum atomic E-state index is 4.11. The van der Waals surface area contributed by atoms with E-state index >= 15 is 0 Å². The summed E-state index contributed by atoms with van der Waals surface area (Å²) in [5.41, 5.74) is 3.79. The predicted octanol–water partition coefficient (Wildman–Crippen LogP) is 11.6. The van der Waals surface area contributed by atoms with Gasteiger partial charge in [0.1, 0.15) is 0 Å². The summed E-state index contributed by atoms with van der Waals surface area (Å²) in [6, 6.07) is 33.2. The molecule has 0 saturated carbocycles. The van der Waals surface area contributed by atoms with Crippen molar-refractivity contribution < 1.29 is 0 Å². The molecule has 0 heterocycles. The van der Waals surface area contributed by atoms with Crippen molar-refractivity contribution in [2.75, 3.05) is 6.54 Å². The molecule has 1 N–H and O–H groups in total. The average Bonchev–Trinajstić information content (AvgIpc) is 3.02. The molecule has 0 amide bonds. The third-order valence-corrected chi connectivity index (χ3v) is 8.84. The van der Waals surface area contributed by atoms with Crippen LogP contribution < -0.4 is 5.32 Å². The van der Waals surface area contributed by atoms with Gasteiger partial charge in [-0.05, 0) is 29.7 Å². The summed E-state index contributed by atoms with van der Waals surface area (Å²) >= 11 is 0. The fourth-order valence-corrected chi connectivity index (χ4v) is 6.38. The highest BCUT2D eigenvalue weighted by atomic mass is 15.0. The van der Waals surface area contributed by atoms with Crippen LogP contribution in [0.15, 0.2) is 91.0 Å². The largest absolute Gasteiger partial charge is 0.303 e. The molecule has 0 radical (unpaired) electrons. The van der Waals surface area contributed by atoms with Crippen molar-refractivity contribution in [3.8, 4) is 0 Å². The lowest BCUT2D eigenvalue weighted by molar-refractivity contribution is 0.337. The van der Waals surface area contributed by atoms with Crippen LogP contribution in [-0.4, -0.2) is 6.54 Å². The van der Waals surface area contributed by atoms with Gasteiger partial charge in [0.25, 0.3) is 0 Å². The molecule has 0 spiro atoms. The van der Waals surface area contributed by atoms with Crippen molar-refractivity contribution in [1.29, 1.82) is 0 Å². The minimum Gasteiger partial charge on any atom is -0.303 e. The van der Waals surface area contributed by atoms with Gasteiger partial charge in [-0.25, -0.2) is 0 Å². The van der Waals surface area contributed by atoms with Crippen LogP contribution in [0.4, 0.5) is 0 Å². The Labute approximate surface area is 247 Å². The molecule has 1 nitrogen and oxygen atoms in total. The third kappa shape index (κ3) is 10.5. The van der Waals surface area contributed by atoms with Crippen molar-refractivity contribution in [1.82, 2.24) is 5.32 Å². The van der Waals surface area contributed by atoms with Gasteiger partial charge >= 0.3 is 0 Å². The first kappa shape index (κ1) is 32.1.